The molecule has 3 rings (SSSR count). The molecule has 2 aromatic rings. The predicted octanol–water partition coefficient (Wildman–Crippen LogP) is 3.06. The van der Waals surface area contributed by atoms with Crippen LogP contribution in [0.2, 0.25) is 0 Å². The highest BCUT2D eigenvalue weighted by Gasteiger charge is 2.33. The summed E-state index contributed by atoms with van der Waals surface area (Å²) >= 11 is 0. The van der Waals surface area contributed by atoms with Crippen LogP contribution in [0.3, 0.4) is 0 Å². The van der Waals surface area contributed by atoms with E-state index in [1.54, 1.807) is 24.3 Å². The molecule has 0 fully saturated rings. The summed E-state index contributed by atoms with van der Waals surface area (Å²) in [4.78, 5) is 41.3. The maximum absolute atomic E-state index is 12.8. The third-order valence-electron chi connectivity index (χ3n) is 5.15. The second-order valence-corrected chi connectivity index (χ2v) is 7.81. The molecular weight excluding hydrogens is 437 g/mol. The monoisotopic (exact) mass is 460 g/mol. The molecule has 0 aliphatic carbocycles. The highest BCUT2D eigenvalue weighted by Crippen LogP contribution is 2.27. The van der Waals surface area contributed by atoms with Crippen LogP contribution in [0.15, 0.2) is 53.5 Å². The van der Waals surface area contributed by atoms with E-state index in [0.29, 0.717) is 22.5 Å². The van der Waals surface area contributed by atoms with Crippen molar-refractivity contribution in [1.29, 1.82) is 0 Å². The standard InChI is InChI=1S/C23H23F3N4O3/c1-13-6-8-14(9-7-13)19-16-4-2-3-5-17(16)28-22(33)20(29-19)30-21(32)15(12-18(27)31)10-11-23(24,25)26/h2-9,15,20H,10-12H2,1H3,(H2,27,31)(H,28,33)(H,30,32). The average molecular weight is 460 g/mol. The van der Waals surface area contributed by atoms with Crippen LogP contribution in [0.5, 0.6) is 0 Å². The summed E-state index contributed by atoms with van der Waals surface area (Å²) in [7, 11) is 0. The largest absolute Gasteiger partial charge is 0.389 e. The van der Waals surface area contributed by atoms with Gasteiger partial charge in [0.25, 0.3) is 5.91 Å². The van der Waals surface area contributed by atoms with Crippen LogP contribution in [0, 0.1) is 12.8 Å². The van der Waals surface area contributed by atoms with Gasteiger partial charge in [-0.3, -0.25) is 14.4 Å². The number of aryl methyl sites for hydroxylation is 1. The van der Waals surface area contributed by atoms with Crippen LogP contribution in [0.1, 0.15) is 36.0 Å². The SMILES string of the molecule is Cc1ccc(C2=NC(NC(=O)C(CCC(F)(F)F)CC(N)=O)C(=O)Nc3ccccc32)cc1. The smallest absolute Gasteiger partial charge is 0.370 e. The highest BCUT2D eigenvalue weighted by atomic mass is 19.4. The lowest BCUT2D eigenvalue weighted by Crippen LogP contribution is -2.45. The van der Waals surface area contributed by atoms with Crippen LogP contribution in [-0.2, 0) is 14.4 Å². The number of para-hydroxylation sites is 1. The first kappa shape index (κ1) is 24.0. The number of carbonyl (C=O) groups is 3. The molecule has 2 aromatic carbocycles. The molecule has 0 saturated heterocycles. The number of nitrogens with two attached hydrogens (primary N) is 1. The van der Waals surface area contributed by atoms with E-state index in [1.165, 1.54) is 0 Å². The summed E-state index contributed by atoms with van der Waals surface area (Å²) in [6, 6.07) is 14.3. The quantitative estimate of drug-likeness (QED) is 0.590. The van der Waals surface area contributed by atoms with E-state index >= 15 is 0 Å². The number of carbonyl (C=O) groups excluding carboxylic acids is 3. The lowest BCUT2D eigenvalue weighted by atomic mass is 9.97. The van der Waals surface area contributed by atoms with Gasteiger partial charge in [-0.2, -0.15) is 13.2 Å². The number of benzene rings is 2. The van der Waals surface area contributed by atoms with Gasteiger partial charge in [0, 0.05) is 29.9 Å². The normalized spacial score (nSPS) is 16.7. The molecule has 1 aliphatic rings. The summed E-state index contributed by atoms with van der Waals surface area (Å²) in [6.07, 6.45) is -8.40. The Kier molecular flexibility index (Phi) is 7.15. The number of hydrogen-bond donors (Lipinski definition) is 3. The highest BCUT2D eigenvalue weighted by molar-refractivity contribution is 6.19. The number of anilines is 1. The second-order valence-electron chi connectivity index (χ2n) is 7.81. The molecular formula is C23H23F3N4O3. The van der Waals surface area contributed by atoms with E-state index in [-0.39, 0.29) is 0 Å². The number of aliphatic imine (C=N–C) groups is 1. The molecule has 33 heavy (non-hydrogen) atoms. The Morgan fingerprint density at radius 3 is 2.45 bits per heavy atom. The molecule has 2 atom stereocenters. The number of hydrogen-bond acceptors (Lipinski definition) is 4. The van der Waals surface area contributed by atoms with Crippen molar-refractivity contribution in [2.24, 2.45) is 16.6 Å². The van der Waals surface area contributed by atoms with Crippen LogP contribution in [0.4, 0.5) is 18.9 Å². The van der Waals surface area contributed by atoms with Gasteiger partial charge in [0.05, 0.1) is 11.4 Å². The summed E-state index contributed by atoms with van der Waals surface area (Å²) in [6.45, 7) is 1.92. The summed E-state index contributed by atoms with van der Waals surface area (Å²) in [5.41, 5.74) is 8.34. The maximum atomic E-state index is 12.8. The Bertz CT molecular complexity index is 1080. The third kappa shape index (κ3) is 6.41. The van der Waals surface area contributed by atoms with E-state index < -0.39 is 55.2 Å². The molecule has 1 heterocycles. The Hall–Kier alpha value is -3.69. The molecule has 7 nitrogen and oxygen atoms in total. The Morgan fingerprint density at radius 2 is 1.82 bits per heavy atom. The van der Waals surface area contributed by atoms with Gasteiger partial charge < -0.3 is 16.4 Å². The number of amides is 3. The first-order chi connectivity index (χ1) is 15.5. The topological polar surface area (TPSA) is 114 Å². The second kappa shape index (κ2) is 9.85. The molecule has 4 N–H and O–H groups in total. The first-order valence-corrected chi connectivity index (χ1v) is 10.2. The number of nitrogens with zero attached hydrogens (tertiary/aromatic N) is 1. The summed E-state index contributed by atoms with van der Waals surface area (Å²) in [5, 5.41) is 5.07. The Morgan fingerprint density at radius 1 is 1.15 bits per heavy atom. The minimum Gasteiger partial charge on any atom is -0.370 e. The van der Waals surface area contributed by atoms with Crippen LogP contribution in [-0.4, -0.2) is 35.8 Å². The Balaban J connectivity index is 1.93. The Labute approximate surface area is 188 Å². The molecule has 174 valence electrons. The van der Waals surface area contributed by atoms with Crippen LogP contribution < -0.4 is 16.4 Å². The number of nitrogens with one attached hydrogen (secondary N) is 2. The van der Waals surface area contributed by atoms with Crippen molar-refractivity contribution in [3.63, 3.8) is 0 Å². The number of benzodiazepines with no additional fused rings is 1. The summed E-state index contributed by atoms with van der Waals surface area (Å²) in [5.74, 6) is -3.83. The zero-order chi connectivity index (χ0) is 24.2. The van der Waals surface area contributed by atoms with E-state index in [1.807, 2.05) is 31.2 Å². The predicted molar refractivity (Wildman–Crippen MR) is 116 cm³/mol. The molecule has 3 amide bonds. The van der Waals surface area contributed by atoms with Gasteiger partial charge in [0.15, 0.2) is 0 Å². The molecule has 0 radical (unpaired) electrons. The fourth-order valence-electron chi connectivity index (χ4n) is 3.46. The lowest BCUT2D eigenvalue weighted by Gasteiger charge is -2.19. The number of alkyl halides is 3. The fraction of sp³-hybridized carbons (Fsp3) is 0.304. The van der Waals surface area contributed by atoms with Crippen molar-refractivity contribution in [2.75, 3.05) is 5.32 Å². The zero-order valence-electron chi connectivity index (χ0n) is 17.8. The van der Waals surface area contributed by atoms with Gasteiger partial charge in [0.2, 0.25) is 18.0 Å². The minimum atomic E-state index is -4.51. The van der Waals surface area contributed by atoms with E-state index in [0.717, 1.165) is 5.56 Å². The first-order valence-electron chi connectivity index (χ1n) is 10.2. The molecule has 1 aliphatic heterocycles. The molecule has 2 unspecified atom stereocenters. The number of halogens is 3. The lowest BCUT2D eigenvalue weighted by molar-refractivity contribution is -0.143. The van der Waals surface area contributed by atoms with Crippen molar-refractivity contribution in [1.82, 2.24) is 5.32 Å². The van der Waals surface area contributed by atoms with Crippen molar-refractivity contribution in [3.8, 4) is 0 Å². The summed E-state index contributed by atoms with van der Waals surface area (Å²) < 4.78 is 38.0. The van der Waals surface area contributed by atoms with Gasteiger partial charge in [-0.25, -0.2) is 4.99 Å². The van der Waals surface area contributed by atoms with Gasteiger partial charge in [-0.05, 0) is 19.4 Å². The van der Waals surface area contributed by atoms with Crippen LogP contribution >= 0.6 is 0 Å². The molecule has 0 saturated carbocycles. The van der Waals surface area contributed by atoms with E-state index in [9.17, 15) is 27.6 Å². The van der Waals surface area contributed by atoms with Crippen LogP contribution in [0.25, 0.3) is 0 Å². The average Bonchev–Trinajstić information content (AvgIpc) is 2.87. The minimum absolute atomic E-state index is 0.427. The van der Waals surface area contributed by atoms with Gasteiger partial charge in [-0.1, -0.05) is 48.0 Å². The molecule has 0 bridgehead atoms. The van der Waals surface area contributed by atoms with Crippen molar-refractivity contribution in [3.05, 3.63) is 65.2 Å². The number of rotatable bonds is 7. The number of primary amides is 1. The number of fused-ring (bicyclic) bond motifs is 1. The van der Waals surface area contributed by atoms with Gasteiger partial charge in [-0.15, -0.1) is 0 Å². The molecule has 0 aromatic heterocycles. The van der Waals surface area contributed by atoms with E-state index in [2.05, 4.69) is 15.6 Å². The van der Waals surface area contributed by atoms with Crippen molar-refractivity contribution >= 4 is 29.1 Å². The zero-order valence-corrected chi connectivity index (χ0v) is 17.8. The maximum Gasteiger partial charge on any atom is 0.389 e. The van der Waals surface area contributed by atoms with Crippen molar-refractivity contribution in [2.45, 2.75) is 38.5 Å². The van der Waals surface area contributed by atoms with Gasteiger partial charge >= 0.3 is 6.18 Å². The van der Waals surface area contributed by atoms with E-state index in [4.69, 9.17) is 5.73 Å². The van der Waals surface area contributed by atoms with Gasteiger partial charge in [0.1, 0.15) is 0 Å². The molecule has 0 spiro atoms. The van der Waals surface area contributed by atoms with Crippen molar-refractivity contribution < 1.29 is 27.6 Å². The fourth-order valence-corrected chi connectivity index (χ4v) is 3.46. The molecule has 10 heteroatoms. The third-order valence-corrected chi connectivity index (χ3v) is 5.15.